The van der Waals surface area contributed by atoms with Crippen molar-refractivity contribution in [2.24, 2.45) is 17.8 Å². The number of aromatic nitrogens is 2. The van der Waals surface area contributed by atoms with E-state index in [2.05, 4.69) is 42.4 Å². The van der Waals surface area contributed by atoms with E-state index >= 15 is 0 Å². The Hall–Kier alpha value is -0.880. The molecule has 1 aromatic rings. The second-order valence-electron chi connectivity index (χ2n) is 5.55. The van der Waals surface area contributed by atoms with Crippen LogP contribution in [0.15, 0.2) is 11.2 Å². The van der Waals surface area contributed by atoms with Crippen molar-refractivity contribution in [1.82, 2.24) is 14.7 Å². The first-order valence-electron chi connectivity index (χ1n) is 6.81. The van der Waals surface area contributed by atoms with E-state index in [0.29, 0.717) is 36.5 Å². The smallest absolute Gasteiger partial charge is 0.257 e. The summed E-state index contributed by atoms with van der Waals surface area (Å²) in [4.78, 5) is 6.85. The normalized spacial score (nSPS) is 12.8. The number of nitrogens with zero attached hydrogens (tertiary/aromatic N) is 1. The van der Waals surface area contributed by atoms with E-state index in [4.69, 9.17) is 0 Å². The molecule has 0 spiro atoms. The molecular formula is C13H25N3O2S. The molecule has 0 bridgehead atoms. The molecule has 0 amide bonds. The highest BCUT2D eigenvalue weighted by atomic mass is 32.2. The predicted octanol–water partition coefficient (Wildman–Crippen LogP) is 2.18. The zero-order valence-corrected chi connectivity index (χ0v) is 13.2. The molecule has 0 radical (unpaired) electrons. The summed E-state index contributed by atoms with van der Waals surface area (Å²) in [5.41, 5.74) is 0. The Balaban J connectivity index is 2.74. The molecule has 1 aromatic heterocycles. The molecule has 19 heavy (non-hydrogen) atoms. The topological polar surface area (TPSA) is 74.8 Å². The minimum Gasteiger partial charge on any atom is -0.332 e. The number of aromatic amines is 1. The summed E-state index contributed by atoms with van der Waals surface area (Å²) in [7, 11) is -3.48. The van der Waals surface area contributed by atoms with Crippen LogP contribution in [-0.2, 0) is 16.4 Å². The third-order valence-electron chi connectivity index (χ3n) is 3.45. The zero-order chi connectivity index (χ0) is 14.6. The van der Waals surface area contributed by atoms with Crippen LogP contribution in [0.3, 0.4) is 0 Å². The Morgan fingerprint density at radius 2 is 1.84 bits per heavy atom. The van der Waals surface area contributed by atoms with Gasteiger partial charge in [-0.3, -0.25) is 0 Å². The van der Waals surface area contributed by atoms with Crippen LogP contribution in [0.4, 0.5) is 0 Å². The maximum Gasteiger partial charge on any atom is 0.257 e. The molecule has 6 heteroatoms. The fraction of sp³-hybridized carbons (Fsp3) is 0.769. The van der Waals surface area contributed by atoms with Gasteiger partial charge in [0.2, 0.25) is 0 Å². The van der Waals surface area contributed by atoms with Crippen LogP contribution in [0.25, 0.3) is 0 Å². The van der Waals surface area contributed by atoms with Crippen molar-refractivity contribution in [3.05, 3.63) is 12.0 Å². The quantitative estimate of drug-likeness (QED) is 0.807. The fourth-order valence-corrected chi connectivity index (χ4v) is 3.20. The van der Waals surface area contributed by atoms with E-state index in [1.54, 1.807) is 0 Å². The summed E-state index contributed by atoms with van der Waals surface area (Å²) in [5.74, 6) is 1.89. The van der Waals surface area contributed by atoms with Gasteiger partial charge in [-0.2, -0.15) is 0 Å². The molecule has 0 aliphatic carbocycles. The minimum absolute atomic E-state index is 0.149. The molecule has 5 nitrogen and oxygen atoms in total. The maximum absolute atomic E-state index is 12.1. The van der Waals surface area contributed by atoms with Crippen LogP contribution in [0.2, 0.25) is 0 Å². The lowest BCUT2D eigenvalue weighted by Gasteiger charge is -2.24. The Labute approximate surface area is 116 Å². The van der Waals surface area contributed by atoms with Gasteiger partial charge in [-0.1, -0.05) is 34.6 Å². The predicted molar refractivity (Wildman–Crippen MR) is 76.3 cm³/mol. The Morgan fingerprint density at radius 1 is 1.26 bits per heavy atom. The highest BCUT2D eigenvalue weighted by Gasteiger charge is 2.22. The molecule has 0 aliphatic rings. The Morgan fingerprint density at radius 3 is 2.26 bits per heavy atom. The van der Waals surface area contributed by atoms with E-state index < -0.39 is 10.0 Å². The van der Waals surface area contributed by atoms with Crippen molar-refractivity contribution in [2.75, 3.05) is 6.54 Å². The van der Waals surface area contributed by atoms with E-state index in [1.165, 1.54) is 6.20 Å². The lowest BCUT2D eigenvalue weighted by atomic mass is 9.86. The molecule has 0 aliphatic heterocycles. The molecule has 0 saturated carbocycles. The van der Waals surface area contributed by atoms with Crippen molar-refractivity contribution in [2.45, 2.75) is 46.1 Å². The number of sulfonamides is 1. The monoisotopic (exact) mass is 287 g/mol. The van der Waals surface area contributed by atoms with Crippen LogP contribution >= 0.6 is 0 Å². The van der Waals surface area contributed by atoms with Gasteiger partial charge in [-0.05, 0) is 17.8 Å². The number of aryl methyl sites for hydroxylation is 1. The first-order valence-corrected chi connectivity index (χ1v) is 8.29. The van der Waals surface area contributed by atoms with E-state index in [-0.39, 0.29) is 5.03 Å². The average Bonchev–Trinajstić information content (AvgIpc) is 2.77. The fourth-order valence-electron chi connectivity index (χ4n) is 2.18. The summed E-state index contributed by atoms with van der Waals surface area (Å²) in [5, 5.41) is 0.149. The van der Waals surface area contributed by atoms with Gasteiger partial charge in [-0.25, -0.2) is 18.1 Å². The van der Waals surface area contributed by atoms with Gasteiger partial charge in [0, 0.05) is 13.0 Å². The highest BCUT2D eigenvalue weighted by molar-refractivity contribution is 7.89. The zero-order valence-electron chi connectivity index (χ0n) is 12.4. The van der Waals surface area contributed by atoms with Crippen molar-refractivity contribution < 1.29 is 8.42 Å². The third-order valence-corrected chi connectivity index (χ3v) is 4.78. The van der Waals surface area contributed by atoms with E-state index in [0.717, 1.165) is 0 Å². The second kappa shape index (κ2) is 6.52. The van der Waals surface area contributed by atoms with Crippen LogP contribution in [-0.4, -0.2) is 24.9 Å². The third kappa shape index (κ3) is 4.31. The maximum atomic E-state index is 12.1. The first kappa shape index (κ1) is 16.2. The van der Waals surface area contributed by atoms with Crippen molar-refractivity contribution >= 4 is 10.0 Å². The van der Waals surface area contributed by atoms with Gasteiger partial charge < -0.3 is 4.98 Å². The molecule has 1 heterocycles. The molecule has 1 rings (SSSR count). The summed E-state index contributed by atoms with van der Waals surface area (Å²) in [6.07, 6.45) is 2.07. The molecular weight excluding hydrogens is 262 g/mol. The molecule has 0 saturated heterocycles. The molecule has 0 unspecified atom stereocenters. The second-order valence-corrected chi connectivity index (χ2v) is 7.29. The standard InChI is InChI=1S/C13H25N3O2S/c1-6-12-14-8-13(16-12)19(17,18)15-7-11(9(2)3)10(4)5/h8-11,15H,6-7H2,1-5H3,(H,14,16). The SMILES string of the molecule is CCc1ncc(S(=O)(=O)NCC(C(C)C)C(C)C)[nH]1. The van der Waals surface area contributed by atoms with E-state index in [1.807, 2.05) is 6.92 Å². The van der Waals surface area contributed by atoms with Gasteiger partial charge in [-0.15, -0.1) is 0 Å². The first-order chi connectivity index (χ1) is 8.77. The van der Waals surface area contributed by atoms with Crippen LogP contribution < -0.4 is 4.72 Å². The number of nitrogens with one attached hydrogen (secondary N) is 2. The van der Waals surface area contributed by atoms with Gasteiger partial charge in [0.25, 0.3) is 10.0 Å². The van der Waals surface area contributed by atoms with Crippen LogP contribution in [0.1, 0.15) is 40.4 Å². The summed E-state index contributed by atoms with van der Waals surface area (Å²) in [6.45, 7) is 10.8. The number of hydrogen-bond donors (Lipinski definition) is 2. The van der Waals surface area contributed by atoms with Crippen molar-refractivity contribution in [3.8, 4) is 0 Å². The molecule has 2 N–H and O–H groups in total. The number of hydrogen-bond acceptors (Lipinski definition) is 3. The largest absolute Gasteiger partial charge is 0.332 e. The average molecular weight is 287 g/mol. The number of imidazole rings is 1. The van der Waals surface area contributed by atoms with Crippen molar-refractivity contribution in [3.63, 3.8) is 0 Å². The molecule has 0 aromatic carbocycles. The molecule has 110 valence electrons. The minimum atomic E-state index is -3.48. The summed E-state index contributed by atoms with van der Waals surface area (Å²) in [6, 6.07) is 0. The van der Waals surface area contributed by atoms with Gasteiger partial charge in [0.15, 0.2) is 5.03 Å². The summed E-state index contributed by atoms with van der Waals surface area (Å²) >= 11 is 0. The molecule has 0 fully saturated rings. The van der Waals surface area contributed by atoms with Crippen LogP contribution in [0.5, 0.6) is 0 Å². The van der Waals surface area contributed by atoms with E-state index in [9.17, 15) is 8.42 Å². The number of H-pyrrole nitrogens is 1. The number of rotatable bonds is 7. The van der Waals surface area contributed by atoms with Crippen LogP contribution in [0, 0.1) is 17.8 Å². The Bertz CT molecular complexity index is 484. The van der Waals surface area contributed by atoms with Gasteiger partial charge in [0.05, 0.1) is 6.20 Å². The van der Waals surface area contributed by atoms with Crippen molar-refractivity contribution in [1.29, 1.82) is 0 Å². The lowest BCUT2D eigenvalue weighted by molar-refractivity contribution is 0.289. The van der Waals surface area contributed by atoms with Gasteiger partial charge >= 0.3 is 0 Å². The van der Waals surface area contributed by atoms with Gasteiger partial charge in [0.1, 0.15) is 5.82 Å². The highest BCUT2D eigenvalue weighted by Crippen LogP contribution is 2.20. The summed E-state index contributed by atoms with van der Waals surface area (Å²) < 4.78 is 26.9. The lowest BCUT2D eigenvalue weighted by Crippen LogP contribution is -2.34. The Kier molecular flexibility index (Phi) is 5.55. The molecule has 0 atom stereocenters.